The number of halogens is 2. The minimum Gasteiger partial charge on any atom is -0.435 e. The van der Waals surface area contributed by atoms with Crippen molar-refractivity contribution >= 4 is 5.91 Å². The number of hydrogen-bond acceptors (Lipinski definition) is 3. The molecule has 0 bridgehead atoms. The maximum atomic E-state index is 12.0. The van der Waals surface area contributed by atoms with Gasteiger partial charge in [-0.1, -0.05) is 0 Å². The van der Waals surface area contributed by atoms with E-state index in [2.05, 4.69) is 4.74 Å². The molecule has 1 aromatic rings. The monoisotopic (exact) mass is 272 g/mol. The fourth-order valence-electron chi connectivity index (χ4n) is 1.50. The Morgan fingerprint density at radius 1 is 1.37 bits per heavy atom. The summed E-state index contributed by atoms with van der Waals surface area (Å²) in [6.45, 7) is -0.448. The predicted octanol–water partition coefficient (Wildman–Crippen LogP) is 2.10. The molecule has 0 heterocycles. The van der Waals surface area contributed by atoms with Crippen LogP contribution in [0, 0.1) is 0 Å². The Morgan fingerprint density at radius 2 is 1.95 bits per heavy atom. The van der Waals surface area contributed by atoms with Gasteiger partial charge in [-0.05, 0) is 37.6 Å². The molecule has 0 spiro atoms. The third-order valence-corrected chi connectivity index (χ3v) is 2.59. The maximum absolute atomic E-state index is 12.0. The molecule has 0 fully saturated rings. The van der Waals surface area contributed by atoms with Gasteiger partial charge in [-0.15, -0.1) is 0 Å². The van der Waals surface area contributed by atoms with Crippen molar-refractivity contribution in [3.63, 3.8) is 0 Å². The molecule has 19 heavy (non-hydrogen) atoms. The van der Waals surface area contributed by atoms with E-state index < -0.39 is 6.61 Å². The Bertz CT molecular complexity index is 408. The van der Waals surface area contributed by atoms with Crippen LogP contribution < -0.4 is 10.5 Å². The highest BCUT2D eigenvalue weighted by atomic mass is 19.3. The molecular weight excluding hydrogens is 254 g/mol. The summed E-state index contributed by atoms with van der Waals surface area (Å²) in [5.41, 5.74) is 6.05. The zero-order valence-electron chi connectivity index (χ0n) is 11.0. The molecule has 0 aromatic heterocycles. The SMILES string of the molecule is CC(N)CCN(C)C(=O)c1ccc(OC(F)F)cc1. The third kappa shape index (κ3) is 5.21. The van der Waals surface area contributed by atoms with Crippen molar-refractivity contribution in [1.82, 2.24) is 4.90 Å². The Labute approximate surface area is 111 Å². The number of rotatable bonds is 6. The molecule has 0 aliphatic rings. The van der Waals surface area contributed by atoms with Crippen LogP contribution in [0.25, 0.3) is 0 Å². The minimum atomic E-state index is -2.87. The van der Waals surface area contributed by atoms with Crippen LogP contribution in [-0.4, -0.2) is 37.1 Å². The van der Waals surface area contributed by atoms with Crippen molar-refractivity contribution in [3.05, 3.63) is 29.8 Å². The molecule has 1 atom stereocenters. The lowest BCUT2D eigenvalue weighted by atomic mass is 10.2. The van der Waals surface area contributed by atoms with E-state index in [0.717, 1.165) is 0 Å². The second-order valence-corrected chi connectivity index (χ2v) is 4.40. The molecule has 0 radical (unpaired) electrons. The first-order valence-electron chi connectivity index (χ1n) is 5.96. The molecule has 0 aliphatic carbocycles. The van der Waals surface area contributed by atoms with E-state index in [1.807, 2.05) is 6.92 Å². The topological polar surface area (TPSA) is 55.6 Å². The minimum absolute atomic E-state index is 0.0251. The number of alkyl halides is 2. The second-order valence-electron chi connectivity index (χ2n) is 4.40. The molecule has 0 aliphatic heterocycles. The van der Waals surface area contributed by atoms with E-state index in [-0.39, 0.29) is 17.7 Å². The zero-order chi connectivity index (χ0) is 14.4. The van der Waals surface area contributed by atoms with E-state index in [9.17, 15) is 13.6 Å². The van der Waals surface area contributed by atoms with Crippen LogP contribution in [0.3, 0.4) is 0 Å². The van der Waals surface area contributed by atoms with Gasteiger partial charge in [0, 0.05) is 25.2 Å². The molecule has 1 rings (SSSR count). The van der Waals surface area contributed by atoms with Gasteiger partial charge in [-0.25, -0.2) is 0 Å². The number of carbonyl (C=O) groups is 1. The van der Waals surface area contributed by atoms with Crippen molar-refractivity contribution in [2.24, 2.45) is 5.73 Å². The normalized spacial score (nSPS) is 12.3. The Hall–Kier alpha value is -1.69. The molecule has 6 heteroatoms. The van der Waals surface area contributed by atoms with Crippen LogP contribution >= 0.6 is 0 Å². The fourth-order valence-corrected chi connectivity index (χ4v) is 1.50. The highest BCUT2D eigenvalue weighted by Gasteiger charge is 2.12. The molecule has 4 nitrogen and oxygen atoms in total. The van der Waals surface area contributed by atoms with Crippen molar-refractivity contribution in [3.8, 4) is 5.75 Å². The Balaban J connectivity index is 2.61. The number of amides is 1. The highest BCUT2D eigenvalue weighted by molar-refractivity contribution is 5.94. The van der Waals surface area contributed by atoms with Crippen LogP contribution in [0.15, 0.2) is 24.3 Å². The summed E-state index contributed by atoms with van der Waals surface area (Å²) in [5.74, 6) is -0.144. The smallest absolute Gasteiger partial charge is 0.387 e. The molecule has 1 amide bonds. The fraction of sp³-hybridized carbons (Fsp3) is 0.462. The van der Waals surface area contributed by atoms with Crippen molar-refractivity contribution < 1.29 is 18.3 Å². The lowest BCUT2D eigenvalue weighted by Crippen LogP contribution is -2.31. The van der Waals surface area contributed by atoms with Gasteiger partial charge in [0.2, 0.25) is 0 Å². The summed E-state index contributed by atoms with van der Waals surface area (Å²) in [5, 5.41) is 0. The predicted molar refractivity (Wildman–Crippen MR) is 68.3 cm³/mol. The lowest BCUT2D eigenvalue weighted by Gasteiger charge is -2.18. The van der Waals surface area contributed by atoms with Crippen LogP contribution in [-0.2, 0) is 0 Å². The number of ether oxygens (including phenoxy) is 1. The van der Waals surface area contributed by atoms with Crippen molar-refractivity contribution in [1.29, 1.82) is 0 Å². The number of nitrogens with two attached hydrogens (primary N) is 1. The van der Waals surface area contributed by atoms with Gasteiger partial charge in [0.05, 0.1) is 0 Å². The molecule has 1 aromatic carbocycles. The van der Waals surface area contributed by atoms with E-state index in [4.69, 9.17) is 5.73 Å². The zero-order valence-corrected chi connectivity index (χ0v) is 11.0. The van der Waals surface area contributed by atoms with E-state index in [1.54, 1.807) is 11.9 Å². The molecule has 106 valence electrons. The van der Waals surface area contributed by atoms with Gasteiger partial charge in [0.1, 0.15) is 5.75 Å². The van der Waals surface area contributed by atoms with E-state index >= 15 is 0 Å². The van der Waals surface area contributed by atoms with Crippen LogP contribution in [0.1, 0.15) is 23.7 Å². The molecule has 0 saturated carbocycles. The molecule has 1 unspecified atom stereocenters. The number of carbonyl (C=O) groups excluding carboxylic acids is 1. The average molecular weight is 272 g/mol. The first-order valence-corrected chi connectivity index (χ1v) is 5.96. The summed E-state index contributed by atoms with van der Waals surface area (Å²) in [4.78, 5) is 13.5. The van der Waals surface area contributed by atoms with E-state index in [0.29, 0.717) is 18.5 Å². The van der Waals surface area contributed by atoms with Gasteiger partial charge in [0.15, 0.2) is 0 Å². The van der Waals surface area contributed by atoms with Gasteiger partial charge in [0.25, 0.3) is 5.91 Å². The highest BCUT2D eigenvalue weighted by Crippen LogP contribution is 2.15. The average Bonchev–Trinajstić information content (AvgIpc) is 2.35. The molecular formula is C13H18F2N2O2. The Kier molecular flexibility index (Phi) is 5.69. The summed E-state index contributed by atoms with van der Waals surface area (Å²) < 4.78 is 28.2. The standard InChI is InChI=1S/C13H18F2N2O2/c1-9(16)7-8-17(2)12(18)10-3-5-11(6-4-10)19-13(14)15/h3-6,9,13H,7-8,16H2,1-2H3. The summed E-state index contributed by atoms with van der Waals surface area (Å²) >= 11 is 0. The largest absolute Gasteiger partial charge is 0.435 e. The van der Waals surface area contributed by atoms with Gasteiger partial charge in [-0.2, -0.15) is 8.78 Å². The second kappa shape index (κ2) is 7.04. The van der Waals surface area contributed by atoms with Crippen LogP contribution in [0.2, 0.25) is 0 Å². The molecule has 0 saturated heterocycles. The van der Waals surface area contributed by atoms with Crippen molar-refractivity contribution in [2.45, 2.75) is 26.0 Å². The van der Waals surface area contributed by atoms with Gasteiger partial charge in [-0.3, -0.25) is 4.79 Å². The summed E-state index contributed by atoms with van der Waals surface area (Å²) in [6, 6.07) is 5.64. The summed E-state index contributed by atoms with van der Waals surface area (Å²) in [7, 11) is 1.67. The molecule has 2 N–H and O–H groups in total. The first-order chi connectivity index (χ1) is 8.90. The number of nitrogens with zero attached hydrogens (tertiary/aromatic N) is 1. The first kappa shape index (κ1) is 15.4. The quantitative estimate of drug-likeness (QED) is 0.862. The van der Waals surface area contributed by atoms with Crippen LogP contribution in [0.4, 0.5) is 8.78 Å². The Morgan fingerprint density at radius 3 is 2.42 bits per heavy atom. The number of benzene rings is 1. The lowest BCUT2D eigenvalue weighted by molar-refractivity contribution is -0.0498. The maximum Gasteiger partial charge on any atom is 0.387 e. The van der Waals surface area contributed by atoms with E-state index in [1.165, 1.54) is 24.3 Å². The number of hydrogen-bond donors (Lipinski definition) is 1. The van der Waals surface area contributed by atoms with Gasteiger partial charge >= 0.3 is 6.61 Å². The van der Waals surface area contributed by atoms with Crippen molar-refractivity contribution in [2.75, 3.05) is 13.6 Å². The van der Waals surface area contributed by atoms with Crippen LogP contribution in [0.5, 0.6) is 5.75 Å². The summed E-state index contributed by atoms with van der Waals surface area (Å²) in [6.07, 6.45) is 0.703. The third-order valence-electron chi connectivity index (χ3n) is 2.59. The van der Waals surface area contributed by atoms with Gasteiger partial charge < -0.3 is 15.4 Å².